The number of anilines is 1. The van der Waals surface area contributed by atoms with Crippen molar-refractivity contribution in [2.45, 2.75) is 25.9 Å². The fourth-order valence-electron chi connectivity index (χ4n) is 3.48. The summed E-state index contributed by atoms with van der Waals surface area (Å²) in [4.78, 5) is 11.2. The normalized spacial score (nSPS) is 18.5. The number of aromatic nitrogens is 3. The van der Waals surface area contributed by atoms with Gasteiger partial charge in [0.15, 0.2) is 0 Å². The van der Waals surface area contributed by atoms with E-state index in [0.29, 0.717) is 23.0 Å². The van der Waals surface area contributed by atoms with Crippen LogP contribution in [0.2, 0.25) is 0 Å². The molecule has 0 radical (unpaired) electrons. The Bertz CT molecular complexity index is 932. The zero-order chi connectivity index (χ0) is 18.3. The molecule has 1 fully saturated rings. The van der Waals surface area contributed by atoms with Gasteiger partial charge in [0.2, 0.25) is 0 Å². The lowest BCUT2D eigenvalue weighted by Gasteiger charge is -2.32. The molecule has 4 rings (SSSR count). The summed E-state index contributed by atoms with van der Waals surface area (Å²) in [7, 11) is 0. The van der Waals surface area contributed by atoms with Crippen molar-refractivity contribution in [1.82, 2.24) is 14.4 Å². The summed E-state index contributed by atoms with van der Waals surface area (Å²) in [6.45, 7) is 4.12. The number of piperidine rings is 1. The third kappa shape index (κ3) is 3.13. The molecular formula is C19H19F3N4. The third-order valence-corrected chi connectivity index (χ3v) is 4.81. The second kappa shape index (κ2) is 6.30. The summed E-state index contributed by atoms with van der Waals surface area (Å²) in [6, 6.07) is 8.07. The summed E-state index contributed by atoms with van der Waals surface area (Å²) in [5, 5.41) is 0. The molecule has 136 valence electrons. The summed E-state index contributed by atoms with van der Waals surface area (Å²) in [5.41, 5.74) is 0.933. The lowest BCUT2D eigenvalue weighted by molar-refractivity contribution is -0.137. The Hall–Kier alpha value is -2.57. The molecule has 3 aromatic heterocycles. The van der Waals surface area contributed by atoms with Crippen molar-refractivity contribution in [3.63, 3.8) is 0 Å². The van der Waals surface area contributed by atoms with Crippen LogP contribution in [0.15, 0.2) is 42.7 Å². The van der Waals surface area contributed by atoms with Gasteiger partial charge >= 0.3 is 6.18 Å². The first-order valence-electron chi connectivity index (χ1n) is 8.68. The predicted octanol–water partition coefficient (Wildman–Crippen LogP) is 4.65. The first-order chi connectivity index (χ1) is 12.4. The lowest BCUT2D eigenvalue weighted by atomic mass is 10.0. The number of fused-ring (bicyclic) bond motifs is 1. The Labute approximate surface area is 149 Å². The highest BCUT2D eigenvalue weighted by molar-refractivity contribution is 5.62. The molecule has 1 saturated heterocycles. The van der Waals surface area contributed by atoms with E-state index < -0.39 is 11.7 Å². The van der Waals surface area contributed by atoms with Crippen molar-refractivity contribution >= 4 is 11.5 Å². The SMILES string of the molecule is CC1CCCN(c2cccc(-c3cnc4ccc(C(F)(F)F)cn34)n2)C1. The van der Waals surface area contributed by atoms with Crippen LogP contribution in [0.3, 0.4) is 0 Å². The smallest absolute Gasteiger partial charge is 0.356 e. The van der Waals surface area contributed by atoms with Gasteiger partial charge in [0, 0.05) is 19.3 Å². The Balaban J connectivity index is 1.74. The van der Waals surface area contributed by atoms with Gasteiger partial charge in [-0.2, -0.15) is 13.2 Å². The molecule has 4 heterocycles. The minimum atomic E-state index is -4.39. The number of alkyl halides is 3. The van der Waals surface area contributed by atoms with Gasteiger partial charge in [-0.1, -0.05) is 13.0 Å². The van der Waals surface area contributed by atoms with Gasteiger partial charge in [0.05, 0.1) is 23.1 Å². The highest BCUT2D eigenvalue weighted by Crippen LogP contribution is 2.31. The Morgan fingerprint density at radius 3 is 2.77 bits per heavy atom. The van der Waals surface area contributed by atoms with Crippen molar-refractivity contribution in [1.29, 1.82) is 0 Å². The molecule has 0 N–H and O–H groups in total. The van der Waals surface area contributed by atoms with E-state index in [9.17, 15) is 13.2 Å². The molecular weight excluding hydrogens is 341 g/mol. The number of nitrogens with zero attached hydrogens (tertiary/aromatic N) is 4. The molecule has 4 nitrogen and oxygen atoms in total. The van der Waals surface area contributed by atoms with Crippen LogP contribution in [0.4, 0.5) is 19.0 Å². The van der Waals surface area contributed by atoms with Crippen LogP contribution in [0.25, 0.3) is 17.0 Å². The van der Waals surface area contributed by atoms with Gasteiger partial charge in [-0.05, 0) is 43.0 Å². The fourth-order valence-corrected chi connectivity index (χ4v) is 3.48. The maximum atomic E-state index is 13.0. The van der Waals surface area contributed by atoms with Crippen molar-refractivity contribution in [2.24, 2.45) is 5.92 Å². The fraction of sp³-hybridized carbons (Fsp3) is 0.368. The topological polar surface area (TPSA) is 33.4 Å². The van der Waals surface area contributed by atoms with E-state index in [1.165, 1.54) is 16.9 Å². The molecule has 0 spiro atoms. The number of rotatable bonds is 2. The van der Waals surface area contributed by atoms with Crippen LogP contribution in [0.5, 0.6) is 0 Å². The molecule has 1 unspecified atom stereocenters. The van der Waals surface area contributed by atoms with Gasteiger partial charge in [-0.15, -0.1) is 0 Å². The highest BCUT2D eigenvalue weighted by atomic mass is 19.4. The van der Waals surface area contributed by atoms with Crippen molar-refractivity contribution in [2.75, 3.05) is 18.0 Å². The van der Waals surface area contributed by atoms with Crippen molar-refractivity contribution in [3.05, 3.63) is 48.3 Å². The predicted molar refractivity (Wildman–Crippen MR) is 94.0 cm³/mol. The molecule has 3 aromatic rings. The summed E-state index contributed by atoms with van der Waals surface area (Å²) >= 11 is 0. The molecule has 1 atom stereocenters. The maximum Gasteiger partial charge on any atom is 0.417 e. The van der Waals surface area contributed by atoms with Crippen LogP contribution in [-0.2, 0) is 6.18 Å². The summed E-state index contributed by atoms with van der Waals surface area (Å²) in [6.07, 6.45) is 0.589. The molecule has 7 heteroatoms. The average Bonchev–Trinajstić information content (AvgIpc) is 3.04. The van der Waals surface area contributed by atoms with E-state index >= 15 is 0 Å². The summed E-state index contributed by atoms with van der Waals surface area (Å²) in [5.74, 6) is 1.47. The second-order valence-corrected chi connectivity index (χ2v) is 6.86. The average molecular weight is 360 g/mol. The number of imidazole rings is 1. The van der Waals surface area contributed by atoms with E-state index in [0.717, 1.165) is 37.6 Å². The molecule has 0 aliphatic carbocycles. The standard InChI is InChI=1S/C19H19F3N4/c1-13-4-3-9-25(11-13)18-6-2-5-15(24-18)16-10-23-17-8-7-14(12-26(16)17)19(20,21)22/h2,5-8,10,12-13H,3-4,9,11H2,1H3. The van der Waals surface area contributed by atoms with E-state index in [1.807, 2.05) is 12.1 Å². The highest BCUT2D eigenvalue weighted by Gasteiger charge is 2.31. The molecule has 0 bridgehead atoms. The monoisotopic (exact) mass is 360 g/mol. The Morgan fingerprint density at radius 1 is 1.15 bits per heavy atom. The van der Waals surface area contributed by atoms with Crippen LogP contribution in [-0.4, -0.2) is 27.5 Å². The van der Waals surface area contributed by atoms with Crippen LogP contribution >= 0.6 is 0 Å². The molecule has 26 heavy (non-hydrogen) atoms. The van der Waals surface area contributed by atoms with Crippen molar-refractivity contribution < 1.29 is 13.2 Å². The Kier molecular flexibility index (Phi) is 4.09. The largest absolute Gasteiger partial charge is 0.417 e. The molecule has 0 saturated carbocycles. The quantitative estimate of drug-likeness (QED) is 0.667. The maximum absolute atomic E-state index is 13.0. The molecule has 1 aliphatic heterocycles. The molecule has 1 aliphatic rings. The number of hydrogen-bond acceptors (Lipinski definition) is 3. The van der Waals surface area contributed by atoms with E-state index in [1.54, 1.807) is 12.3 Å². The minimum Gasteiger partial charge on any atom is -0.356 e. The van der Waals surface area contributed by atoms with Gasteiger partial charge in [0.25, 0.3) is 0 Å². The lowest BCUT2D eigenvalue weighted by Crippen LogP contribution is -2.34. The van der Waals surface area contributed by atoms with Gasteiger partial charge in [-0.3, -0.25) is 4.40 Å². The minimum absolute atomic E-state index is 0.465. The van der Waals surface area contributed by atoms with Crippen LogP contribution in [0.1, 0.15) is 25.3 Å². The number of halogens is 3. The van der Waals surface area contributed by atoms with Gasteiger partial charge < -0.3 is 4.90 Å². The van der Waals surface area contributed by atoms with E-state index in [-0.39, 0.29) is 0 Å². The van der Waals surface area contributed by atoms with Crippen LogP contribution in [0, 0.1) is 5.92 Å². The van der Waals surface area contributed by atoms with Crippen molar-refractivity contribution in [3.8, 4) is 11.4 Å². The Morgan fingerprint density at radius 2 is 2.00 bits per heavy atom. The number of pyridine rings is 2. The van der Waals surface area contributed by atoms with E-state index in [2.05, 4.69) is 16.8 Å². The zero-order valence-electron chi connectivity index (χ0n) is 14.4. The van der Waals surface area contributed by atoms with Gasteiger partial charge in [-0.25, -0.2) is 9.97 Å². The molecule has 0 aromatic carbocycles. The second-order valence-electron chi connectivity index (χ2n) is 6.86. The van der Waals surface area contributed by atoms with Crippen LogP contribution < -0.4 is 4.90 Å². The zero-order valence-corrected chi connectivity index (χ0v) is 14.4. The summed E-state index contributed by atoms with van der Waals surface area (Å²) < 4.78 is 40.6. The first kappa shape index (κ1) is 16.9. The first-order valence-corrected chi connectivity index (χ1v) is 8.68. The number of hydrogen-bond donors (Lipinski definition) is 0. The third-order valence-electron chi connectivity index (χ3n) is 4.81. The molecule has 0 amide bonds. The van der Waals surface area contributed by atoms with Gasteiger partial charge in [0.1, 0.15) is 11.5 Å². The van der Waals surface area contributed by atoms with E-state index in [4.69, 9.17) is 4.98 Å².